The molecule has 1 nitrogen and oxygen atoms in total. The second kappa shape index (κ2) is 10.9. The number of hydrogen-bond donors (Lipinski definition) is 1. The van der Waals surface area contributed by atoms with Crippen LogP contribution in [0.25, 0.3) is 0 Å². The van der Waals surface area contributed by atoms with Crippen molar-refractivity contribution < 1.29 is 0 Å². The van der Waals surface area contributed by atoms with Crippen LogP contribution in [-0.2, 0) is 19.3 Å². The first-order chi connectivity index (χ1) is 11.7. The van der Waals surface area contributed by atoms with Crippen LogP contribution in [0.15, 0.2) is 48.5 Å². The number of rotatable bonds is 0. The first kappa shape index (κ1) is 20.3. The highest BCUT2D eigenvalue weighted by Gasteiger charge is 2.15. The second-order valence-corrected chi connectivity index (χ2v) is 6.19. The van der Waals surface area contributed by atoms with Crippen molar-refractivity contribution >= 4 is 5.69 Å². The Labute approximate surface area is 149 Å². The standard InChI is InChI=1S/C10H12.C9H11N.2C2H6/c1-8-6-9-4-2-3-5-10(9)7-8;1-7-6-8-4-2-3-5-9(8)10-7;2*1-2/h2-5,8H,6-7H2,1H3;2-5,7,10H,6H2,1H3;2*1-2H3. The molecule has 0 saturated heterocycles. The molecule has 2 aromatic carbocycles. The molecular formula is C23H35N. The molecule has 0 saturated carbocycles. The molecule has 1 heteroatoms. The molecule has 132 valence electrons. The van der Waals surface area contributed by atoms with Gasteiger partial charge in [-0.15, -0.1) is 0 Å². The summed E-state index contributed by atoms with van der Waals surface area (Å²) in [5.41, 5.74) is 5.90. The van der Waals surface area contributed by atoms with Crippen LogP contribution in [0.5, 0.6) is 0 Å². The Morgan fingerprint density at radius 2 is 1.12 bits per heavy atom. The van der Waals surface area contributed by atoms with Gasteiger partial charge in [0.15, 0.2) is 0 Å². The minimum atomic E-state index is 0.623. The summed E-state index contributed by atoms with van der Waals surface area (Å²) in [5.74, 6) is 0.873. The molecule has 0 fully saturated rings. The van der Waals surface area contributed by atoms with Crippen molar-refractivity contribution in [2.45, 2.75) is 66.8 Å². The molecule has 0 radical (unpaired) electrons. The highest BCUT2D eigenvalue weighted by atomic mass is 14.9. The van der Waals surface area contributed by atoms with Gasteiger partial charge in [-0.2, -0.15) is 0 Å². The van der Waals surface area contributed by atoms with E-state index in [1.165, 1.54) is 30.5 Å². The maximum Gasteiger partial charge on any atom is 0.0375 e. The molecule has 1 heterocycles. The van der Waals surface area contributed by atoms with Crippen LogP contribution in [0.3, 0.4) is 0 Å². The lowest BCUT2D eigenvalue weighted by Gasteiger charge is -2.00. The fraction of sp³-hybridized carbons (Fsp3) is 0.478. The number of anilines is 1. The van der Waals surface area contributed by atoms with Crippen LogP contribution >= 0.6 is 0 Å². The molecule has 2 aromatic rings. The molecule has 0 spiro atoms. The Morgan fingerprint density at radius 3 is 1.62 bits per heavy atom. The van der Waals surface area contributed by atoms with Crippen molar-refractivity contribution in [2.24, 2.45) is 5.92 Å². The SMILES string of the molecule is CC.CC.CC1Cc2ccccc2C1.CC1Cc2ccccc2N1. The van der Waals surface area contributed by atoms with Crippen LogP contribution in [0.4, 0.5) is 5.69 Å². The summed E-state index contributed by atoms with van der Waals surface area (Å²) in [6.45, 7) is 12.5. The first-order valence-corrected chi connectivity index (χ1v) is 9.63. The minimum Gasteiger partial charge on any atom is -0.382 e. The Bertz CT molecular complexity index is 485. The van der Waals surface area contributed by atoms with Crippen LogP contribution in [-0.4, -0.2) is 6.04 Å². The van der Waals surface area contributed by atoms with Crippen molar-refractivity contribution in [3.05, 3.63) is 65.2 Å². The summed E-state index contributed by atoms with van der Waals surface area (Å²) < 4.78 is 0. The third-order valence-electron chi connectivity index (χ3n) is 4.20. The smallest absolute Gasteiger partial charge is 0.0375 e. The van der Waals surface area contributed by atoms with Crippen LogP contribution in [0, 0.1) is 5.92 Å². The number of para-hydroxylation sites is 1. The van der Waals surface area contributed by atoms with Crippen molar-refractivity contribution in [1.82, 2.24) is 0 Å². The van der Waals surface area contributed by atoms with Gasteiger partial charge in [0.25, 0.3) is 0 Å². The highest BCUT2D eigenvalue weighted by Crippen LogP contribution is 2.25. The Hall–Kier alpha value is -1.76. The lowest BCUT2D eigenvalue weighted by atomic mass is 10.1. The average Bonchev–Trinajstić information content (AvgIpc) is 3.19. The predicted molar refractivity (Wildman–Crippen MR) is 109 cm³/mol. The van der Waals surface area contributed by atoms with E-state index in [1.807, 2.05) is 27.7 Å². The van der Waals surface area contributed by atoms with Gasteiger partial charge < -0.3 is 5.32 Å². The molecule has 1 aliphatic heterocycles. The summed E-state index contributed by atoms with van der Waals surface area (Å²) in [4.78, 5) is 0. The Kier molecular flexibility index (Phi) is 9.22. The Morgan fingerprint density at radius 1 is 0.667 bits per heavy atom. The largest absolute Gasteiger partial charge is 0.382 e. The van der Waals surface area contributed by atoms with E-state index in [9.17, 15) is 0 Å². The Balaban J connectivity index is 0.000000199. The first-order valence-electron chi connectivity index (χ1n) is 9.63. The van der Waals surface area contributed by atoms with E-state index < -0.39 is 0 Å². The van der Waals surface area contributed by atoms with Gasteiger partial charge in [0.05, 0.1) is 0 Å². The van der Waals surface area contributed by atoms with E-state index in [-0.39, 0.29) is 0 Å². The van der Waals surface area contributed by atoms with Crippen molar-refractivity contribution in [3.63, 3.8) is 0 Å². The van der Waals surface area contributed by atoms with Gasteiger partial charge in [-0.3, -0.25) is 0 Å². The molecule has 0 bridgehead atoms. The van der Waals surface area contributed by atoms with Gasteiger partial charge >= 0.3 is 0 Å². The van der Waals surface area contributed by atoms with E-state index in [0.717, 1.165) is 5.92 Å². The van der Waals surface area contributed by atoms with Crippen LogP contribution < -0.4 is 5.32 Å². The molecule has 2 aliphatic rings. The van der Waals surface area contributed by atoms with Crippen LogP contribution in [0.2, 0.25) is 0 Å². The minimum absolute atomic E-state index is 0.623. The zero-order valence-corrected chi connectivity index (χ0v) is 16.4. The molecule has 1 aliphatic carbocycles. The topological polar surface area (TPSA) is 12.0 Å². The number of fused-ring (bicyclic) bond motifs is 2. The van der Waals surface area contributed by atoms with Gasteiger partial charge in [-0.05, 0) is 54.9 Å². The average molecular weight is 326 g/mol. The summed E-state index contributed by atoms with van der Waals surface area (Å²) in [7, 11) is 0. The highest BCUT2D eigenvalue weighted by molar-refractivity contribution is 5.56. The normalized spacial score (nSPS) is 16.8. The van der Waals surface area contributed by atoms with Gasteiger partial charge in [-0.25, -0.2) is 0 Å². The monoisotopic (exact) mass is 325 g/mol. The van der Waals surface area contributed by atoms with Gasteiger partial charge in [0.2, 0.25) is 0 Å². The van der Waals surface area contributed by atoms with Gasteiger partial charge in [0.1, 0.15) is 0 Å². The van der Waals surface area contributed by atoms with Crippen molar-refractivity contribution in [1.29, 1.82) is 0 Å². The quantitative estimate of drug-likeness (QED) is 0.581. The maximum absolute atomic E-state index is 3.40. The fourth-order valence-electron chi connectivity index (χ4n) is 3.26. The molecule has 0 aromatic heterocycles. The van der Waals surface area contributed by atoms with E-state index in [2.05, 4.69) is 67.7 Å². The van der Waals surface area contributed by atoms with E-state index in [4.69, 9.17) is 0 Å². The van der Waals surface area contributed by atoms with Gasteiger partial charge in [-0.1, -0.05) is 77.1 Å². The molecule has 24 heavy (non-hydrogen) atoms. The van der Waals surface area contributed by atoms with E-state index in [1.54, 1.807) is 11.1 Å². The van der Waals surface area contributed by atoms with Gasteiger partial charge in [0, 0.05) is 11.7 Å². The predicted octanol–water partition coefficient (Wildman–Crippen LogP) is 6.52. The zero-order chi connectivity index (χ0) is 17.9. The van der Waals surface area contributed by atoms with E-state index >= 15 is 0 Å². The number of nitrogens with one attached hydrogen (secondary N) is 1. The fourth-order valence-corrected chi connectivity index (χ4v) is 3.26. The summed E-state index contributed by atoms with van der Waals surface area (Å²) in [6, 6.07) is 17.9. The second-order valence-electron chi connectivity index (χ2n) is 6.19. The molecule has 1 N–H and O–H groups in total. The molecule has 0 amide bonds. The molecule has 1 atom stereocenters. The summed E-state index contributed by atoms with van der Waals surface area (Å²) >= 11 is 0. The van der Waals surface area contributed by atoms with Crippen LogP contribution in [0.1, 0.15) is 58.2 Å². The van der Waals surface area contributed by atoms with E-state index in [0.29, 0.717) is 6.04 Å². The third-order valence-corrected chi connectivity index (χ3v) is 4.20. The zero-order valence-electron chi connectivity index (χ0n) is 16.4. The molecule has 4 rings (SSSR count). The number of hydrogen-bond acceptors (Lipinski definition) is 1. The number of benzene rings is 2. The lowest BCUT2D eigenvalue weighted by Crippen LogP contribution is -2.08. The van der Waals surface area contributed by atoms with Crippen molar-refractivity contribution in [3.8, 4) is 0 Å². The third kappa shape index (κ3) is 5.70. The summed E-state index contributed by atoms with van der Waals surface area (Å²) in [6.07, 6.45) is 3.75. The molecule has 1 unspecified atom stereocenters. The molecular weight excluding hydrogens is 290 g/mol. The lowest BCUT2D eigenvalue weighted by molar-refractivity contribution is 0.628. The maximum atomic E-state index is 3.40. The summed E-state index contributed by atoms with van der Waals surface area (Å²) in [5, 5.41) is 3.40. The van der Waals surface area contributed by atoms with Crippen molar-refractivity contribution in [2.75, 3.05) is 5.32 Å².